The maximum absolute atomic E-state index is 10.9. The fourth-order valence-corrected chi connectivity index (χ4v) is 5.30. The van der Waals surface area contributed by atoms with E-state index < -0.39 is 86.5 Å². The zero-order valence-corrected chi connectivity index (χ0v) is 25.7. The lowest BCUT2D eigenvalue weighted by atomic mass is 9.99. The van der Waals surface area contributed by atoms with Crippen molar-refractivity contribution in [3.8, 4) is 45.8 Å². The first-order valence-electron chi connectivity index (χ1n) is 14.6. The number of phenolic OH excluding ortho intramolecular Hbond substituents is 2. The summed E-state index contributed by atoms with van der Waals surface area (Å²) < 4.78 is 43.8. The Kier molecular flexibility index (Phi) is 10.7. The van der Waals surface area contributed by atoms with E-state index in [0.29, 0.717) is 0 Å². The van der Waals surface area contributed by atoms with Crippen molar-refractivity contribution in [2.45, 2.75) is 61.4 Å². The monoisotopic (exact) mass is 699 g/mol. The summed E-state index contributed by atoms with van der Waals surface area (Å²) in [5.74, 6) is -1.59. The molecule has 2 saturated heterocycles. The highest BCUT2D eigenvalue weighted by Gasteiger charge is 2.47. The largest absolute Gasteiger partial charge is 0.507 e. The number of methoxy groups -OCH3 is 2. The zero-order valence-electron chi connectivity index (χ0n) is 25.7. The molecule has 0 saturated carbocycles. The zero-order chi connectivity index (χ0) is 35.7. The number of phenols is 2. The predicted molar refractivity (Wildman–Crippen MR) is 158 cm³/mol. The van der Waals surface area contributed by atoms with Crippen LogP contribution in [0.4, 0.5) is 4.79 Å². The highest BCUT2D eigenvalue weighted by molar-refractivity contribution is 5.89. The number of ether oxygens (including phenoxy) is 7. The summed E-state index contributed by atoms with van der Waals surface area (Å²) in [5.41, 5.74) is 0.0389. The molecule has 10 N–H and O–H groups in total. The van der Waals surface area contributed by atoms with Crippen molar-refractivity contribution in [2.75, 3.05) is 27.4 Å². The van der Waals surface area contributed by atoms with E-state index >= 15 is 0 Å². The van der Waals surface area contributed by atoms with E-state index in [-0.39, 0.29) is 51.0 Å². The van der Waals surface area contributed by atoms with Gasteiger partial charge < -0.3 is 84.2 Å². The lowest BCUT2D eigenvalue weighted by Crippen LogP contribution is -2.60. The third kappa shape index (κ3) is 7.15. The van der Waals surface area contributed by atoms with Crippen molar-refractivity contribution < 1.29 is 93.4 Å². The first kappa shape index (κ1) is 35.9. The molecule has 268 valence electrons. The van der Waals surface area contributed by atoms with Gasteiger partial charge in [0.15, 0.2) is 11.5 Å². The summed E-state index contributed by atoms with van der Waals surface area (Å²) >= 11 is 0. The SMILES string of the molecule is COc1cc(-c2[o+]c3cc(O)cc(O[C@@H]4OC(COC(=O)O)[C@@H](O)[C@H](O)C4O)c3cc2O[C@@H]2OC(CO)[C@@H](O)[C@H](O)C2O)cc(OC)c1O. The van der Waals surface area contributed by atoms with Gasteiger partial charge in [-0.2, -0.15) is 0 Å². The second kappa shape index (κ2) is 14.6. The summed E-state index contributed by atoms with van der Waals surface area (Å²) in [7, 11) is 2.55. The molecule has 19 nitrogen and oxygen atoms in total. The number of aromatic hydroxyl groups is 2. The molecule has 1 aromatic heterocycles. The minimum Gasteiger partial charge on any atom is -0.507 e. The number of fused-ring (bicyclic) bond motifs is 1. The average Bonchev–Trinajstić information content (AvgIpc) is 3.08. The molecule has 19 heteroatoms. The van der Waals surface area contributed by atoms with Gasteiger partial charge in [0.2, 0.25) is 24.1 Å². The lowest BCUT2D eigenvalue weighted by molar-refractivity contribution is -0.277. The molecule has 10 atom stereocenters. The van der Waals surface area contributed by atoms with E-state index in [1.54, 1.807) is 0 Å². The normalized spacial score (nSPS) is 30.1. The molecule has 0 radical (unpaired) electrons. The molecule has 2 fully saturated rings. The van der Waals surface area contributed by atoms with E-state index in [4.69, 9.17) is 37.9 Å². The molecule has 2 aromatic carbocycles. The van der Waals surface area contributed by atoms with Crippen LogP contribution in [0.5, 0.6) is 34.5 Å². The number of aliphatic hydroxyl groups is 7. The van der Waals surface area contributed by atoms with Crippen LogP contribution < -0.4 is 18.9 Å². The number of carboxylic acid groups (broad SMARTS) is 1. The quantitative estimate of drug-likeness (QED) is 0.0884. The molecule has 49 heavy (non-hydrogen) atoms. The fraction of sp³-hybridized carbons (Fsp3) is 0.467. The van der Waals surface area contributed by atoms with Gasteiger partial charge in [-0.05, 0) is 0 Å². The highest BCUT2D eigenvalue weighted by Crippen LogP contribution is 2.46. The van der Waals surface area contributed by atoms with E-state index in [1.165, 1.54) is 38.5 Å². The topological polar surface area (TPSA) is 295 Å². The van der Waals surface area contributed by atoms with E-state index in [0.717, 1.165) is 6.07 Å². The van der Waals surface area contributed by atoms with Gasteiger partial charge in [0, 0.05) is 24.3 Å². The van der Waals surface area contributed by atoms with Crippen molar-refractivity contribution >= 4 is 17.1 Å². The summed E-state index contributed by atoms with van der Waals surface area (Å²) in [4.78, 5) is 10.9. The molecule has 3 aromatic rings. The van der Waals surface area contributed by atoms with Crippen LogP contribution in [0.15, 0.2) is 34.7 Å². The highest BCUT2D eigenvalue weighted by atomic mass is 16.7. The Hall–Kier alpha value is -4.44. The molecular formula is C30H35O19+. The van der Waals surface area contributed by atoms with Crippen LogP contribution in [0.25, 0.3) is 22.3 Å². The van der Waals surface area contributed by atoms with Crippen LogP contribution in [0.2, 0.25) is 0 Å². The third-order valence-corrected chi connectivity index (χ3v) is 7.92. The molecular weight excluding hydrogens is 664 g/mol. The van der Waals surface area contributed by atoms with Crippen molar-refractivity contribution in [1.29, 1.82) is 0 Å². The second-order valence-corrected chi connectivity index (χ2v) is 11.0. The number of rotatable bonds is 10. The molecule has 2 aliphatic heterocycles. The number of aliphatic hydroxyl groups excluding tert-OH is 7. The van der Waals surface area contributed by atoms with Crippen molar-refractivity contribution in [1.82, 2.24) is 0 Å². The van der Waals surface area contributed by atoms with Crippen LogP contribution in [0.1, 0.15) is 0 Å². The fourth-order valence-electron chi connectivity index (χ4n) is 5.30. The predicted octanol–water partition coefficient (Wildman–Crippen LogP) is -1.13. The van der Waals surface area contributed by atoms with Crippen LogP contribution >= 0.6 is 0 Å². The Bertz CT molecular complexity index is 1620. The molecule has 0 amide bonds. The Balaban J connectivity index is 1.63. The van der Waals surface area contributed by atoms with Gasteiger partial charge in [-0.25, -0.2) is 9.21 Å². The molecule has 5 rings (SSSR count). The molecule has 4 unspecified atom stereocenters. The molecule has 0 bridgehead atoms. The molecule has 2 aliphatic rings. The molecule has 3 heterocycles. The van der Waals surface area contributed by atoms with Crippen molar-refractivity contribution in [3.63, 3.8) is 0 Å². The molecule has 0 aliphatic carbocycles. The first-order valence-corrected chi connectivity index (χ1v) is 14.6. The number of benzene rings is 2. The Morgan fingerprint density at radius 3 is 1.84 bits per heavy atom. The van der Waals surface area contributed by atoms with Crippen LogP contribution in [-0.4, -0.2) is 146 Å². The summed E-state index contributed by atoms with van der Waals surface area (Å²) in [6.45, 7) is -1.50. The Morgan fingerprint density at radius 2 is 1.29 bits per heavy atom. The minimum atomic E-state index is -1.90. The number of hydrogen-bond acceptors (Lipinski definition) is 17. The average molecular weight is 700 g/mol. The van der Waals surface area contributed by atoms with Crippen molar-refractivity contribution in [2.24, 2.45) is 0 Å². The number of hydrogen-bond donors (Lipinski definition) is 10. The Morgan fingerprint density at radius 1 is 0.735 bits per heavy atom. The van der Waals surface area contributed by atoms with Gasteiger partial charge in [0.1, 0.15) is 72.3 Å². The Labute approximate surface area is 275 Å². The summed E-state index contributed by atoms with van der Waals surface area (Å²) in [6, 6.07) is 6.17. The first-order chi connectivity index (χ1) is 23.3. The lowest BCUT2D eigenvalue weighted by Gasteiger charge is -2.39. The van der Waals surface area contributed by atoms with Gasteiger partial charge in [-0.3, -0.25) is 0 Å². The maximum Gasteiger partial charge on any atom is 0.505 e. The summed E-state index contributed by atoms with van der Waals surface area (Å²) in [6.07, 6.45) is -18.9. The third-order valence-electron chi connectivity index (χ3n) is 7.92. The van der Waals surface area contributed by atoms with Crippen molar-refractivity contribution in [3.05, 3.63) is 30.3 Å². The van der Waals surface area contributed by atoms with Crippen LogP contribution in [0.3, 0.4) is 0 Å². The summed E-state index contributed by atoms with van der Waals surface area (Å²) in [5, 5.41) is 102. The second-order valence-electron chi connectivity index (χ2n) is 11.0. The van der Waals surface area contributed by atoms with Gasteiger partial charge in [-0.1, -0.05) is 0 Å². The standard InChI is InChI=1S/C30H34O19/c1-42-15-3-10(4-16(43-2)20(15)33)27-17(47-29-25(38)23(36)21(34)18(8-31)48-29)7-12-13(45-27)5-11(32)6-14(12)46-28-26(39)24(37)22(35)19(49-28)9-44-30(40)41/h3-7,18-19,21-26,28-29,31,34-39H,8-9H2,1-2H3,(H2-,32,33,40,41)/p+1/t18?,19?,21-,22-,23+,24+,25?,26?,28-,29-/m1/s1. The van der Waals surface area contributed by atoms with Crippen LogP contribution in [0, 0.1) is 0 Å². The van der Waals surface area contributed by atoms with Gasteiger partial charge in [0.05, 0.1) is 32.5 Å². The smallest absolute Gasteiger partial charge is 0.505 e. The minimum absolute atomic E-state index is 0.00593. The van der Waals surface area contributed by atoms with Gasteiger partial charge in [-0.15, -0.1) is 0 Å². The number of carbonyl (C=O) groups is 1. The maximum atomic E-state index is 10.9. The van der Waals surface area contributed by atoms with Crippen LogP contribution in [-0.2, 0) is 14.2 Å². The van der Waals surface area contributed by atoms with Gasteiger partial charge >= 0.3 is 17.5 Å². The van der Waals surface area contributed by atoms with Gasteiger partial charge in [0.25, 0.3) is 0 Å². The molecule has 0 spiro atoms. The van der Waals surface area contributed by atoms with E-state index in [2.05, 4.69) is 4.74 Å². The van der Waals surface area contributed by atoms with E-state index in [9.17, 15) is 50.8 Å². The van der Waals surface area contributed by atoms with E-state index in [1.807, 2.05) is 0 Å².